The Morgan fingerprint density at radius 2 is 1.89 bits per heavy atom. The minimum Gasteiger partial charge on any atom is -0.493 e. The van der Waals surface area contributed by atoms with E-state index in [9.17, 15) is 0 Å². The van der Waals surface area contributed by atoms with Crippen LogP contribution in [0.15, 0.2) is 67.0 Å². The van der Waals surface area contributed by atoms with Gasteiger partial charge in [0.15, 0.2) is 17.3 Å². The van der Waals surface area contributed by atoms with Crippen LogP contribution in [0.5, 0.6) is 11.5 Å². The fourth-order valence-corrected chi connectivity index (χ4v) is 4.54. The molecular weight excluding hydrogens is 454 g/mol. The minimum absolute atomic E-state index is 0.0917. The molecule has 3 heterocycles. The van der Waals surface area contributed by atoms with Crippen LogP contribution in [0.2, 0.25) is 0 Å². The molecule has 0 aliphatic carbocycles. The molecule has 1 atom stereocenters. The van der Waals surface area contributed by atoms with Crippen LogP contribution in [0.3, 0.4) is 0 Å². The second-order valence-electron chi connectivity index (χ2n) is 8.54. The Labute approximate surface area is 211 Å². The van der Waals surface area contributed by atoms with Gasteiger partial charge >= 0.3 is 0 Å². The Hall–Kier alpha value is -3.75. The molecule has 1 aliphatic rings. The first-order chi connectivity index (χ1) is 17.8. The van der Waals surface area contributed by atoms with E-state index in [2.05, 4.69) is 27.3 Å². The van der Waals surface area contributed by atoms with E-state index in [-0.39, 0.29) is 6.04 Å². The van der Waals surface area contributed by atoms with E-state index in [1.165, 1.54) is 0 Å². The summed E-state index contributed by atoms with van der Waals surface area (Å²) in [7, 11) is 1.68. The summed E-state index contributed by atoms with van der Waals surface area (Å²) in [5.74, 6) is 2.94. The molecule has 4 aromatic rings. The van der Waals surface area contributed by atoms with Crippen molar-refractivity contribution < 1.29 is 14.2 Å². The van der Waals surface area contributed by atoms with E-state index in [4.69, 9.17) is 24.2 Å². The minimum atomic E-state index is 0.0917. The highest BCUT2D eigenvalue weighted by molar-refractivity contribution is 5.90. The normalized spacial score (nSPS) is 14.9. The Kier molecular flexibility index (Phi) is 7.54. The van der Waals surface area contributed by atoms with Crippen LogP contribution >= 0.6 is 0 Å². The number of fused-ring (bicyclic) bond motifs is 1. The standard InChI is InChI=1S/C28H31N5O3/c1-3-36-25-11-10-20(17-26(25)34-2)24(33-13-15-35-16-14-33)19-30-28-22-8-4-5-9-23(22)31-27(32-28)21-7-6-12-29-18-21/h4-12,17-18,24H,3,13-16,19H2,1-2H3,(H,30,31,32)/t24-/m0/s1. The van der Waals surface area contributed by atoms with Gasteiger partial charge in [0, 0.05) is 43.0 Å². The number of methoxy groups -OCH3 is 1. The second-order valence-corrected chi connectivity index (χ2v) is 8.54. The molecule has 1 saturated heterocycles. The number of pyridine rings is 1. The van der Waals surface area contributed by atoms with Gasteiger partial charge in [-0.1, -0.05) is 18.2 Å². The first-order valence-corrected chi connectivity index (χ1v) is 12.3. The molecule has 0 radical (unpaired) electrons. The summed E-state index contributed by atoms with van der Waals surface area (Å²) in [4.78, 5) is 16.4. The Morgan fingerprint density at radius 1 is 1.03 bits per heavy atom. The molecule has 2 aromatic heterocycles. The maximum absolute atomic E-state index is 5.74. The molecule has 1 fully saturated rings. The highest BCUT2D eigenvalue weighted by atomic mass is 16.5. The lowest BCUT2D eigenvalue weighted by atomic mass is 10.0. The van der Waals surface area contributed by atoms with Crippen molar-refractivity contribution in [3.8, 4) is 22.9 Å². The third kappa shape index (κ3) is 5.24. The molecule has 0 unspecified atom stereocenters. The van der Waals surface area contributed by atoms with Crippen LogP contribution in [-0.4, -0.2) is 66.4 Å². The third-order valence-corrected chi connectivity index (χ3v) is 6.34. The fourth-order valence-electron chi connectivity index (χ4n) is 4.54. The first-order valence-electron chi connectivity index (χ1n) is 12.3. The number of morpholine rings is 1. The lowest BCUT2D eigenvalue weighted by Gasteiger charge is -2.35. The van der Waals surface area contributed by atoms with Gasteiger partial charge in [-0.2, -0.15) is 0 Å². The number of nitrogens with one attached hydrogen (secondary N) is 1. The Morgan fingerprint density at radius 3 is 2.67 bits per heavy atom. The van der Waals surface area contributed by atoms with Crippen molar-refractivity contribution in [2.75, 3.05) is 51.9 Å². The predicted octanol–water partition coefficient (Wildman–Crippen LogP) is 4.58. The molecule has 0 amide bonds. The van der Waals surface area contributed by atoms with Crippen LogP contribution in [0, 0.1) is 0 Å². The zero-order valence-corrected chi connectivity index (χ0v) is 20.7. The van der Waals surface area contributed by atoms with Crippen molar-refractivity contribution in [2.45, 2.75) is 13.0 Å². The maximum Gasteiger partial charge on any atom is 0.163 e. The van der Waals surface area contributed by atoms with E-state index in [0.29, 0.717) is 32.2 Å². The van der Waals surface area contributed by atoms with Crippen LogP contribution in [0.4, 0.5) is 5.82 Å². The van der Waals surface area contributed by atoms with Gasteiger partial charge in [-0.25, -0.2) is 9.97 Å². The van der Waals surface area contributed by atoms with Gasteiger partial charge in [-0.15, -0.1) is 0 Å². The molecule has 1 aliphatic heterocycles. The monoisotopic (exact) mass is 485 g/mol. The van der Waals surface area contributed by atoms with Gasteiger partial charge in [0.25, 0.3) is 0 Å². The van der Waals surface area contributed by atoms with Crippen molar-refractivity contribution in [3.63, 3.8) is 0 Å². The van der Waals surface area contributed by atoms with Crippen LogP contribution in [0.25, 0.3) is 22.3 Å². The summed E-state index contributed by atoms with van der Waals surface area (Å²) in [6, 6.07) is 18.2. The average molecular weight is 486 g/mol. The van der Waals surface area contributed by atoms with Gasteiger partial charge in [0.2, 0.25) is 0 Å². The quantitative estimate of drug-likeness (QED) is 0.369. The summed E-state index contributed by atoms with van der Waals surface area (Å²) in [6.45, 7) is 6.35. The number of hydrogen-bond acceptors (Lipinski definition) is 8. The van der Waals surface area contributed by atoms with Gasteiger partial charge in [0.1, 0.15) is 5.82 Å². The summed E-state index contributed by atoms with van der Waals surface area (Å²) in [5, 5.41) is 4.63. The fraction of sp³-hybridized carbons (Fsp3) is 0.321. The Balaban J connectivity index is 1.49. The number of anilines is 1. The van der Waals surface area contributed by atoms with Crippen LogP contribution in [0.1, 0.15) is 18.5 Å². The third-order valence-electron chi connectivity index (χ3n) is 6.34. The Bertz CT molecular complexity index is 1300. The largest absolute Gasteiger partial charge is 0.493 e. The van der Waals surface area contributed by atoms with E-state index in [1.807, 2.05) is 49.4 Å². The van der Waals surface area contributed by atoms with E-state index in [1.54, 1.807) is 19.5 Å². The molecule has 0 bridgehead atoms. The van der Waals surface area contributed by atoms with Gasteiger partial charge < -0.3 is 19.5 Å². The number of rotatable bonds is 9. The summed E-state index contributed by atoms with van der Waals surface area (Å²) < 4.78 is 17.0. The number of benzene rings is 2. The van der Waals surface area contributed by atoms with Crippen LogP contribution in [-0.2, 0) is 4.74 Å². The first kappa shape index (κ1) is 24.0. The van der Waals surface area contributed by atoms with Crippen molar-refractivity contribution in [2.24, 2.45) is 0 Å². The predicted molar refractivity (Wildman–Crippen MR) is 141 cm³/mol. The molecule has 2 aromatic carbocycles. The van der Waals surface area contributed by atoms with E-state index < -0.39 is 0 Å². The summed E-state index contributed by atoms with van der Waals surface area (Å²) >= 11 is 0. The molecule has 36 heavy (non-hydrogen) atoms. The van der Waals surface area contributed by atoms with E-state index in [0.717, 1.165) is 52.4 Å². The zero-order valence-electron chi connectivity index (χ0n) is 20.7. The van der Waals surface area contributed by atoms with Crippen molar-refractivity contribution in [3.05, 3.63) is 72.6 Å². The molecule has 0 saturated carbocycles. The number of aromatic nitrogens is 3. The number of para-hydroxylation sites is 1. The molecule has 8 nitrogen and oxygen atoms in total. The molecule has 5 rings (SSSR count). The lowest BCUT2D eigenvalue weighted by molar-refractivity contribution is 0.0186. The number of nitrogens with zero attached hydrogens (tertiary/aromatic N) is 4. The SMILES string of the molecule is CCOc1ccc([C@H](CNc2nc(-c3cccnc3)nc3ccccc23)N2CCOCC2)cc1OC. The highest BCUT2D eigenvalue weighted by Crippen LogP contribution is 2.33. The highest BCUT2D eigenvalue weighted by Gasteiger charge is 2.24. The maximum atomic E-state index is 5.74. The molecule has 0 spiro atoms. The van der Waals surface area contributed by atoms with Crippen molar-refractivity contribution in [1.29, 1.82) is 0 Å². The summed E-state index contributed by atoms with van der Waals surface area (Å²) in [5.41, 5.74) is 2.92. The van der Waals surface area contributed by atoms with Crippen molar-refractivity contribution >= 4 is 16.7 Å². The van der Waals surface area contributed by atoms with Crippen LogP contribution < -0.4 is 14.8 Å². The molecular formula is C28H31N5O3. The number of ether oxygens (including phenoxy) is 3. The van der Waals surface area contributed by atoms with E-state index >= 15 is 0 Å². The van der Waals surface area contributed by atoms with Gasteiger partial charge in [0.05, 0.1) is 38.5 Å². The molecule has 1 N–H and O–H groups in total. The zero-order chi connectivity index (χ0) is 24.7. The smallest absolute Gasteiger partial charge is 0.163 e. The topological polar surface area (TPSA) is 81.6 Å². The number of hydrogen-bond donors (Lipinski definition) is 1. The molecule has 8 heteroatoms. The van der Waals surface area contributed by atoms with Gasteiger partial charge in [-0.3, -0.25) is 9.88 Å². The van der Waals surface area contributed by atoms with Gasteiger partial charge in [-0.05, 0) is 48.9 Å². The average Bonchev–Trinajstić information content (AvgIpc) is 2.94. The van der Waals surface area contributed by atoms with Crippen molar-refractivity contribution in [1.82, 2.24) is 19.9 Å². The summed E-state index contributed by atoms with van der Waals surface area (Å²) in [6.07, 6.45) is 3.54. The lowest BCUT2D eigenvalue weighted by Crippen LogP contribution is -2.41. The second kappa shape index (κ2) is 11.3. The molecule has 186 valence electrons.